The molecule has 0 spiro atoms. The van der Waals surface area contributed by atoms with E-state index in [9.17, 15) is 4.79 Å². The fourth-order valence-corrected chi connectivity index (χ4v) is 4.73. The molecule has 1 aromatic carbocycles. The van der Waals surface area contributed by atoms with Gasteiger partial charge in [0.05, 0.1) is 0 Å². The third-order valence-corrected chi connectivity index (χ3v) is 6.70. The van der Waals surface area contributed by atoms with Crippen LogP contribution in [0.4, 0.5) is 0 Å². The molecule has 2 saturated carbocycles. The Labute approximate surface area is 152 Å². The van der Waals surface area contributed by atoms with Crippen molar-refractivity contribution >= 4 is 11.9 Å². The minimum Gasteiger partial charge on any atom is -0.359 e. The van der Waals surface area contributed by atoms with Crippen LogP contribution in [0.3, 0.4) is 0 Å². The van der Waals surface area contributed by atoms with Crippen LogP contribution in [-0.2, 0) is 9.53 Å². The largest absolute Gasteiger partial charge is 0.359 e. The summed E-state index contributed by atoms with van der Waals surface area (Å²) in [5.74, 6) is 0.751. The van der Waals surface area contributed by atoms with E-state index in [1.54, 1.807) is 0 Å². The molecule has 0 aromatic heterocycles. The molecule has 2 aliphatic rings. The summed E-state index contributed by atoms with van der Waals surface area (Å²) in [6.07, 6.45) is 4.24. The van der Waals surface area contributed by atoms with Gasteiger partial charge in [0.1, 0.15) is 6.23 Å². The molecule has 3 nitrogen and oxygen atoms in total. The van der Waals surface area contributed by atoms with E-state index in [1.165, 1.54) is 0 Å². The Morgan fingerprint density at radius 1 is 1.24 bits per heavy atom. The average Bonchev–Trinajstić information content (AvgIpc) is 2.87. The van der Waals surface area contributed by atoms with Crippen LogP contribution in [0.1, 0.15) is 57.9 Å². The van der Waals surface area contributed by atoms with Gasteiger partial charge in [-0.1, -0.05) is 45.0 Å². The van der Waals surface area contributed by atoms with Gasteiger partial charge in [0.2, 0.25) is 0 Å². The van der Waals surface area contributed by atoms with Crippen molar-refractivity contribution in [3.8, 4) is 0 Å². The number of hydrogen-bond donors (Lipinski definition) is 0. The number of fused-ring (bicyclic) bond motifs is 2. The first-order valence-electron chi connectivity index (χ1n) is 9.36. The van der Waals surface area contributed by atoms with E-state index in [-0.39, 0.29) is 17.1 Å². The van der Waals surface area contributed by atoms with Crippen molar-refractivity contribution < 1.29 is 9.53 Å². The van der Waals surface area contributed by atoms with E-state index in [4.69, 9.17) is 4.74 Å². The van der Waals surface area contributed by atoms with E-state index in [0.29, 0.717) is 18.3 Å². The summed E-state index contributed by atoms with van der Waals surface area (Å²) in [5.41, 5.74) is 3.16. The number of carbonyl (C=O) groups excluding carboxylic acids is 1. The molecule has 2 bridgehead atoms. The fraction of sp³-hybridized carbons (Fsp3) is 0.591. The van der Waals surface area contributed by atoms with Crippen molar-refractivity contribution in [2.75, 3.05) is 20.7 Å². The third-order valence-electron chi connectivity index (χ3n) is 6.70. The number of ketones is 1. The molecule has 25 heavy (non-hydrogen) atoms. The quantitative estimate of drug-likeness (QED) is 0.575. The van der Waals surface area contributed by atoms with Crippen LogP contribution in [0.5, 0.6) is 0 Å². The smallest absolute Gasteiger partial charge is 0.165 e. The Hall–Kier alpha value is -1.45. The molecule has 136 valence electrons. The van der Waals surface area contributed by atoms with Crippen LogP contribution in [0.25, 0.3) is 6.08 Å². The molecule has 0 amide bonds. The SMILES string of the molecule is CCOC(c1ccc(C=C2C(=O)C3(C)CCC2C3(C)C)cc1)N(C)C. The molecule has 0 N–H and O–H groups in total. The number of hydrogen-bond acceptors (Lipinski definition) is 3. The van der Waals surface area contributed by atoms with Crippen molar-refractivity contribution in [3.63, 3.8) is 0 Å². The first kappa shape index (κ1) is 18.3. The number of benzene rings is 1. The second-order valence-corrected chi connectivity index (χ2v) is 8.51. The van der Waals surface area contributed by atoms with Gasteiger partial charge in [0, 0.05) is 12.0 Å². The van der Waals surface area contributed by atoms with Crippen LogP contribution in [0.15, 0.2) is 29.8 Å². The Morgan fingerprint density at radius 3 is 2.36 bits per heavy atom. The molecule has 3 heteroatoms. The van der Waals surface area contributed by atoms with Gasteiger partial charge < -0.3 is 4.74 Å². The Morgan fingerprint density at radius 2 is 1.88 bits per heavy atom. The highest BCUT2D eigenvalue weighted by Crippen LogP contribution is 2.65. The standard InChI is InChI=1S/C22H31NO2/c1-7-25-20(23(5)6)16-10-8-15(9-11-16)14-17-18-12-13-22(4,19(17)24)21(18,2)3/h8-11,14,18,20H,7,12-13H2,1-6H3. The highest BCUT2D eigenvalue weighted by atomic mass is 16.5. The first-order valence-corrected chi connectivity index (χ1v) is 9.36. The highest BCUT2D eigenvalue weighted by molar-refractivity contribution is 6.07. The number of nitrogens with zero attached hydrogens (tertiary/aromatic N) is 1. The lowest BCUT2D eigenvalue weighted by molar-refractivity contribution is -0.125. The first-order chi connectivity index (χ1) is 11.7. The minimum absolute atomic E-state index is 0.0336. The van der Waals surface area contributed by atoms with Gasteiger partial charge in [0.25, 0.3) is 0 Å². The summed E-state index contributed by atoms with van der Waals surface area (Å²) in [5, 5.41) is 0. The summed E-state index contributed by atoms with van der Waals surface area (Å²) in [6, 6.07) is 8.42. The van der Waals surface area contributed by atoms with Gasteiger partial charge >= 0.3 is 0 Å². The molecule has 0 saturated heterocycles. The molecular weight excluding hydrogens is 310 g/mol. The maximum Gasteiger partial charge on any atom is 0.165 e. The maximum absolute atomic E-state index is 13.0. The van der Waals surface area contributed by atoms with E-state index >= 15 is 0 Å². The Kier molecular flexibility index (Phi) is 4.67. The molecule has 3 rings (SSSR count). The summed E-state index contributed by atoms with van der Waals surface area (Å²) in [4.78, 5) is 15.0. The van der Waals surface area contributed by atoms with Gasteiger partial charge in [-0.05, 0) is 68.0 Å². The normalized spacial score (nSPS) is 30.4. The van der Waals surface area contributed by atoms with Crippen molar-refractivity contribution in [1.82, 2.24) is 4.90 Å². The summed E-state index contributed by atoms with van der Waals surface area (Å²) in [7, 11) is 4.04. The zero-order valence-corrected chi connectivity index (χ0v) is 16.4. The van der Waals surface area contributed by atoms with E-state index < -0.39 is 0 Å². The van der Waals surface area contributed by atoms with Crippen LogP contribution in [0.2, 0.25) is 0 Å². The minimum atomic E-state index is -0.186. The average molecular weight is 341 g/mol. The highest BCUT2D eigenvalue weighted by Gasteiger charge is 2.63. The number of allylic oxidation sites excluding steroid dienone is 1. The van der Waals surface area contributed by atoms with Gasteiger partial charge in [-0.15, -0.1) is 0 Å². The molecule has 3 atom stereocenters. The molecule has 0 radical (unpaired) electrons. The topological polar surface area (TPSA) is 29.5 Å². The Bertz CT molecular complexity index is 686. The monoisotopic (exact) mass is 341 g/mol. The zero-order chi connectivity index (χ0) is 18.4. The molecule has 1 aromatic rings. The van der Waals surface area contributed by atoms with E-state index in [2.05, 4.69) is 56.0 Å². The lowest BCUT2D eigenvalue weighted by Gasteiger charge is -2.31. The summed E-state index contributed by atoms with van der Waals surface area (Å²) in [6.45, 7) is 9.37. The summed E-state index contributed by atoms with van der Waals surface area (Å²) >= 11 is 0. The number of rotatable bonds is 5. The van der Waals surface area contributed by atoms with Gasteiger partial charge in [-0.25, -0.2) is 0 Å². The molecule has 0 heterocycles. The third kappa shape index (κ3) is 2.78. The van der Waals surface area contributed by atoms with Crippen molar-refractivity contribution in [2.24, 2.45) is 16.7 Å². The second kappa shape index (κ2) is 6.37. The molecule has 2 fully saturated rings. The van der Waals surface area contributed by atoms with E-state index in [1.807, 2.05) is 21.0 Å². The van der Waals surface area contributed by atoms with Crippen LogP contribution >= 0.6 is 0 Å². The predicted octanol–water partition coefficient (Wildman–Crippen LogP) is 4.69. The van der Waals surface area contributed by atoms with Gasteiger partial charge in [0.15, 0.2) is 5.78 Å². The van der Waals surface area contributed by atoms with Gasteiger partial charge in [-0.3, -0.25) is 9.69 Å². The van der Waals surface area contributed by atoms with Crippen LogP contribution < -0.4 is 0 Å². The summed E-state index contributed by atoms with van der Waals surface area (Å²) < 4.78 is 5.82. The van der Waals surface area contributed by atoms with E-state index in [0.717, 1.165) is 29.5 Å². The zero-order valence-electron chi connectivity index (χ0n) is 16.4. The van der Waals surface area contributed by atoms with Crippen LogP contribution in [0, 0.1) is 16.7 Å². The number of ether oxygens (including phenoxy) is 1. The number of Topliss-reactive ketones (excluding diaryl/α,β-unsaturated/α-hetero) is 1. The molecule has 2 aliphatic carbocycles. The Balaban J connectivity index is 1.87. The van der Waals surface area contributed by atoms with Crippen molar-refractivity contribution in [2.45, 2.75) is 46.8 Å². The number of carbonyl (C=O) groups is 1. The van der Waals surface area contributed by atoms with Crippen molar-refractivity contribution in [3.05, 3.63) is 41.0 Å². The fourth-order valence-electron chi connectivity index (χ4n) is 4.73. The van der Waals surface area contributed by atoms with Gasteiger partial charge in [-0.2, -0.15) is 0 Å². The molecule has 3 unspecified atom stereocenters. The second-order valence-electron chi connectivity index (χ2n) is 8.51. The lowest BCUT2D eigenvalue weighted by Crippen LogP contribution is -2.32. The lowest BCUT2D eigenvalue weighted by atomic mass is 9.70. The predicted molar refractivity (Wildman–Crippen MR) is 102 cm³/mol. The maximum atomic E-state index is 13.0. The van der Waals surface area contributed by atoms with Crippen LogP contribution in [-0.4, -0.2) is 31.4 Å². The molecule has 0 aliphatic heterocycles. The van der Waals surface area contributed by atoms with Crippen molar-refractivity contribution in [1.29, 1.82) is 0 Å². The molecular formula is C22H31NO2.